The predicted molar refractivity (Wildman–Crippen MR) is 67.8 cm³/mol. The van der Waals surface area contributed by atoms with Crippen LogP contribution in [0.25, 0.3) is 0 Å². The molecule has 6 heteroatoms. The molecule has 15 heavy (non-hydrogen) atoms. The van der Waals surface area contributed by atoms with Crippen molar-refractivity contribution in [2.75, 3.05) is 18.6 Å². The van der Waals surface area contributed by atoms with Gasteiger partial charge in [-0.1, -0.05) is 21.6 Å². The van der Waals surface area contributed by atoms with Crippen LogP contribution in [-0.2, 0) is 9.53 Å². The quantitative estimate of drug-likeness (QED) is 0.381. The Hall–Kier alpha value is 0.0900. The average molecular weight is 252 g/mol. The first-order chi connectivity index (χ1) is 7.07. The van der Waals surface area contributed by atoms with E-state index in [1.54, 1.807) is 21.6 Å². The van der Waals surface area contributed by atoms with E-state index >= 15 is 0 Å². The highest BCUT2D eigenvalue weighted by Gasteiger charge is 2.12. The summed E-state index contributed by atoms with van der Waals surface area (Å²) in [5.74, 6) is 1.56. The summed E-state index contributed by atoms with van der Waals surface area (Å²) >= 11 is 0. The molecule has 0 aliphatic rings. The zero-order valence-corrected chi connectivity index (χ0v) is 10.9. The zero-order valence-electron chi connectivity index (χ0n) is 9.27. The minimum absolute atomic E-state index is 0.260. The van der Waals surface area contributed by atoms with Gasteiger partial charge in [0.15, 0.2) is 0 Å². The fourth-order valence-electron chi connectivity index (χ4n) is 0.796. The Kier molecular flexibility index (Phi) is 9.38. The minimum Gasteiger partial charge on any atom is -0.468 e. The van der Waals surface area contributed by atoms with Crippen LogP contribution in [0.15, 0.2) is 0 Å². The molecule has 0 amide bonds. The largest absolute Gasteiger partial charge is 0.468 e. The molecule has 90 valence electrons. The highest BCUT2D eigenvalue weighted by atomic mass is 33.1. The van der Waals surface area contributed by atoms with Gasteiger partial charge in [-0.15, -0.1) is 0 Å². The Morgan fingerprint density at radius 2 is 1.80 bits per heavy atom. The first kappa shape index (κ1) is 15.1. The molecule has 0 aliphatic carbocycles. The van der Waals surface area contributed by atoms with Gasteiger partial charge in [-0.3, -0.25) is 4.79 Å². The lowest BCUT2D eigenvalue weighted by Gasteiger charge is -2.08. The summed E-state index contributed by atoms with van der Waals surface area (Å²) in [4.78, 5) is 10.9. The lowest BCUT2D eigenvalue weighted by Crippen LogP contribution is -2.31. The predicted octanol–water partition coefficient (Wildman–Crippen LogP) is 0.995. The molecule has 0 fully saturated rings. The Bertz CT molecular complexity index is 179. The molecule has 0 saturated carbocycles. The van der Waals surface area contributed by atoms with Crippen molar-refractivity contribution < 1.29 is 9.53 Å². The van der Waals surface area contributed by atoms with Crippen molar-refractivity contribution in [3.63, 3.8) is 0 Å². The van der Waals surface area contributed by atoms with E-state index < -0.39 is 6.04 Å². The van der Waals surface area contributed by atoms with Crippen molar-refractivity contribution in [2.45, 2.75) is 31.8 Å². The molecule has 0 aromatic carbocycles. The normalized spacial score (nSPS) is 14.7. The lowest BCUT2D eigenvalue weighted by atomic mass is 10.2. The molecule has 0 heterocycles. The topological polar surface area (TPSA) is 78.3 Å². The van der Waals surface area contributed by atoms with Gasteiger partial charge < -0.3 is 16.2 Å². The number of rotatable bonds is 8. The third-order valence-electron chi connectivity index (χ3n) is 1.76. The van der Waals surface area contributed by atoms with Crippen molar-refractivity contribution >= 4 is 27.6 Å². The summed E-state index contributed by atoms with van der Waals surface area (Å²) in [6.07, 6.45) is 1.67. The number of ether oxygens (including phenoxy) is 1. The van der Waals surface area contributed by atoms with Gasteiger partial charge in [-0.2, -0.15) is 0 Å². The lowest BCUT2D eigenvalue weighted by molar-refractivity contribution is -0.142. The molecule has 0 aromatic heterocycles. The van der Waals surface area contributed by atoms with Gasteiger partial charge in [-0.05, 0) is 19.8 Å². The summed E-state index contributed by atoms with van der Waals surface area (Å²) in [5.41, 5.74) is 11.2. The summed E-state index contributed by atoms with van der Waals surface area (Å²) in [6.45, 7) is 2.00. The van der Waals surface area contributed by atoms with Crippen LogP contribution in [0.3, 0.4) is 0 Å². The fraction of sp³-hybridized carbons (Fsp3) is 0.889. The number of nitrogens with two attached hydrogens (primary N) is 2. The van der Waals surface area contributed by atoms with E-state index in [-0.39, 0.29) is 12.0 Å². The maximum Gasteiger partial charge on any atom is 0.322 e. The third kappa shape index (κ3) is 9.04. The first-order valence-corrected chi connectivity index (χ1v) is 7.40. The fourth-order valence-corrected chi connectivity index (χ4v) is 3.13. The van der Waals surface area contributed by atoms with E-state index in [2.05, 4.69) is 4.74 Å². The van der Waals surface area contributed by atoms with E-state index in [9.17, 15) is 4.79 Å². The maximum absolute atomic E-state index is 10.9. The molecule has 0 aromatic rings. The molecule has 0 unspecified atom stereocenters. The molecule has 0 saturated heterocycles. The molecule has 0 bridgehead atoms. The molecular weight excluding hydrogens is 232 g/mol. The smallest absolute Gasteiger partial charge is 0.322 e. The van der Waals surface area contributed by atoms with Gasteiger partial charge in [0.1, 0.15) is 6.04 Å². The van der Waals surface area contributed by atoms with Crippen molar-refractivity contribution in [1.29, 1.82) is 0 Å². The van der Waals surface area contributed by atoms with Crippen LogP contribution < -0.4 is 11.5 Å². The van der Waals surface area contributed by atoms with E-state index in [0.717, 1.165) is 17.9 Å². The molecule has 0 spiro atoms. The summed E-state index contributed by atoms with van der Waals surface area (Å²) in [7, 11) is 4.85. The van der Waals surface area contributed by atoms with Crippen LogP contribution in [0.1, 0.15) is 19.8 Å². The molecule has 0 radical (unpaired) electrons. The molecule has 4 nitrogen and oxygen atoms in total. The Labute approximate surface area is 99.3 Å². The van der Waals surface area contributed by atoms with Crippen molar-refractivity contribution in [1.82, 2.24) is 0 Å². The van der Waals surface area contributed by atoms with Gasteiger partial charge in [0.05, 0.1) is 7.11 Å². The van der Waals surface area contributed by atoms with Gasteiger partial charge >= 0.3 is 5.97 Å². The first-order valence-electron chi connectivity index (χ1n) is 4.91. The maximum atomic E-state index is 10.9. The van der Waals surface area contributed by atoms with Crippen LogP contribution in [0.2, 0.25) is 0 Å². The molecule has 4 N–H and O–H groups in total. The van der Waals surface area contributed by atoms with E-state index in [0.29, 0.717) is 6.42 Å². The molecule has 0 rings (SSSR count). The monoisotopic (exact) mass is 252 g/mol. The van der Waals surface area contributed by atoms with Crippen molar-refractivity contribution in [2.24, 2.45) is 11.5 Å². The van der Waals surface area contributed by atoms with E-state index in [4.69, 9.17) is 11.5 Å². The Balaban J connectivity index is 3.27. The van der Waals surface area contributed by atoms with Gasteiger partial charge in [0.25, 0.3) is 0 Å². The molecule has 2 atom stereocenters. The van der Waals surface area contributed by atoms with E-state index in [1.807, 2.05) is 6.92 Å². The van der Waals surface area contributed by atoms with Crippen LogP contribution in [0.5, 0.6) is 0 Å². The summed E-state index contributed by atoms with van der Waals surface area (Å²) < 4.78 is 4.53. The number of hydrogen-bond donors (Lipinski definition) is 2. The van der Waals surface area contributed by atoms with Gasteiger partial charge in [-0.25, -0.2) is 0 Å². The summed E-state index contributed by atoms with van der Waals surface area (Å²) in [6, 6.07) is -0.230. The minimum atomic E-state index is -0.489. The van der Waals surface area contributed by atoms with Crippen LogP contribution in [0.4, 0.5) is 0 Å². The second-order valence-electron chi connectivity index (χ2n) is 3.33. The van der Waals surface area contributed by atoms with Crippen LogP contribution >= 0.6 is 21.6 Å². The Morgan fingerprint density at radius 1 is 1.27 bits per heavy atom. The van der Waals surface area contributed by atoms with Crippen LogP contribution in [0, 0.1) is 0 Å². The molecular formula is C9H20N2O2S2. The second-order valence-corrected chi connectivity index (χ2v) is 6.03. The summed E-state index contributed by atoms with van der Waals surface area (Å²) in [5, 5.41) is 0. The van der Waals surface area contributed by atoms with Crippen LogP contribution in [-0.4, -0.2) is 36.7 Å². The average Bonchev–Trinajstić information content (AvgIpc) is 2.21. The van der Waals surface area contributed by atoms with Crippen molar-refractivity contribution in [3.8, 4) is 0 Å². The SMILES string of the molecule is COC(=O)[C@H](N)CCSSCC[C@H](C)N. The number of hydrogen-bond acceptors (Lipinski definition) is 6. The van der Waals surface area contributed by atoms with Gasteiger partial charge in [0, 0.05) is 17.5 Å². The highest BCUT2D eigenvalue weighted by molar-refractivity contribution is 8.76. The van der Waals surface area contributed by atoms with Gasteiger partial charge in [0.2, 0.25) is 0 Å². The highest BCUT2D eigenvalue weighted by Crippen LogP contribution is 2.23. The van der Waals surface area contributed by atoms with Crippen molar-refractivity contribution in [3.05, 3.63) is 0 Å². The number of esters is 1. The second kappa shape index (κ2) is 9.33. The Morgan fingerprint density at radius 3 is 2.27 bits per heavy atom. The van der Waals surface area contributed by atoms with E-state index in [1.165, 1.54) is 7.11 Å². The zero-order chi connectivity index (χ0) is 11.7. The standard InChI is InChI=1S/C9H20N2O2S2/c1-7(10)3-5-14-15-6-4-8(11)9(12)13-2/h7-8H,3-6,10-11H2,1-2H3/t7-,8+/m0/s1. The molecule has 0 aliphatic heterocycles. The number of carbonyl (C=O) groups is 1. The number of methoxy groups -OCH3 is 1. The third-order valence-corrected chi connectivity index (χ3v) is 4.23. The number of carbonyl (C=O) groups excluding carboxylic acids is 1.